The van der Waals surface area contributed by atoms with Crippen LogP contribution >= 0.6 is 0 Å². The van der Waals surface area contributed by atoms with Crippen molar-refractivity contribution in [1.82, 2.24) is 0 Å². The summed E-state index contributed by atoms with van der Waals surface area (Å²) in [5.74, 6) is 9.06. The molecular formula is C26H34O5. The zero-order valence-electron chi connectivity index (χ0n) is 18.1. The lowest BCUT2D eigenvalue weighted by atomic mass is 9.73. The van der Waals surface area contributed by atoms with Gasteiger partial charge in [0.25, 0.3) is 0 Å². The van der Waals surface area contributed by atoms with Crippen LogP contribution in [-0.2, 0) is 23.7 Å². The number of hydrogen-bond donors (Lipinski definition) is 0. The van der Waals surface area contributed by atoms with E-state index in [1.165, 1.54) is 38.5 Å². The molecule has 18 unspecified atom stereocenters. The summed E-state index contributed by atoms with van der Waals surface area (Å²) in [7, 11) is 0. The molecule has 0 aromatic heterocycles. The average molecular weight is 427 g/mol. The smallest absolute Gasteiger partial charge is 0.108 e. The Hall–Kier alpha value is -0.200. The fraction of sp³-hybridized carbons (Fsp3) is 1.00. The van der Waals surface area contributed by atoms with Crippen molar-refractivity contribution in [2.75, 3.05) is 13.2 Å². The van der Waals surface area contributed by atoms with Crippen molar-refractivity contribution < 1.29 is 23.7 Å². The second-order valence-electron chi connectivity index (χ2n) is 13.2. The van der Waals surface area contributed by atoms with Crippen LogP contribution in [0.25, 0.3) is 0 Å². The van der Waals surface area contributed by atoms with Crippen LogP contribution in [-0.4, -0.2) is 62.0 Å². The van der Waals surface area contributed by atoms with Gasteiger partial charge in [-0.25, -0.2) is 0 Å². The highest BCUT2D eigenvalue weighted by atomic mass is 16.6. The Kier molecular flexibility index (Phi) is 3.09. The molecule has 10 aliphatic rings. The van der Waals surface area contributed by atoms with Gasteiger partial charge in [-0.1, -0.05) is 0 Å². The Morgan fingerprint density at radius 2 is 0.968 bits per heavy atom. The van der Waals surface area contributed by atoms with Crippen molar-refractivity contribution in [3.63, 3.8) is 0 Å². The first-order valence-electron chi connectivity index (χ1n) is 13.5. The predicted molar refractivity (Wildman–Crippen MR) is 108 cm³/mol. The lowest BCUT2D eigenvalue weighted by Gasteiger charge is -2.32. The molecule has 4 aliphatic heterocycles. The monoisotopic (exact) mass is 426 g/mol. The summed E-state index contributed by atoms with van der Waals surface area (Å²) < 4.78 is 30.2. The minimum atomic E-state index is 0.362. The van der Waals surface area contributed by atoms with E-state index in [4.69, 9.17) is 23.7 Å². The number of fused-ring (bicyclic) bond motifs is 14. The molecule has 0 aromatic carbocycles. The highest BCUT2D eigenvalue weighted by Gasteiger charge is 2.70. The molecule has 4 heterocycles. The standard InChI is InChI=1S/C26H34O5/c1-9-3-15(11(1)13-5-17-25(28-17)21(9)13)23-19(30-23)7-27-8-20-24(31-20)16-4-10-2-12(16)14-6-18-26(29-18)22(10)14/h9-26H,1-8H2. The summed E-state index contributed by atoms with van der Waals surface area (Å²) in [5, 5.41) is 0. The minimum absolute atomic E-state index is 0.362. The Labute approximate surface area is 183 Å². The summed E-state index contributed by atoms with van der Waals surface area (Å²) in [6.45, 7) is 1.57. The van der Waals surface area contributed by atoms with E-state index >= 15 is 0 Å². The van der Waals surface area contributed by atoms with Crippen molar-refractivity contribution in [2.24, 2.45) is 59.2 Å². The molecule has 10 rings (SSSR count). The quantitative estimate of drug-likeness (QED) is 0.611. The SMILES string of the molecule is C(OCC1OC1C1CC2CC1C1CC3OC3C21)C1OC1C1CC2CC1C1CC3OC3C21. The van der Waals surface area contributed by atoms with Crippen molar-refractivity contribution in [3.8, 4) is 0 Å². The van der Waals surface area contributed by atoms with Gasteiger partial charge in [0, 0.05) is 0 Å². The first-order chi connectivity index (χ1) is 15.3. The van der Waals surface area contributed by atoms with Gasteiger partial charge in [0.2, 0.25) is 0 Å². The van der Waals surface area contributed by atoms with Crippen LogP contribution < -0.4 is 0 Å². The maximum Gasteiger partial charge on any atom is 0.108 e. The molecule has 6 saturated carbocycles. The fourth-order valence-electron chi connectivity index (χ4n) is 11.2. The Bertz CT molecular complexity index is 767. The number of rotatable bonds is 6. The molecule has 31 heavy (non-hydrogen) atoms. The van der Waals surface area contributed by atoms with E-state index in [1.807, 2.05) is 0 Å². The van der Waals surface area contributed by atoms with E-state index < -0.39 is 0 Å². The Balaban J connectivity index is 0.719. The van der Waals surface area contributed by atoms with Gasteiger partial charge in [-0.15, -0.1) is 0 Å². The van der Waals surface area contributed by atoms with Crippen LogP contribution in [0.3, 0.4) is 0 Å². The highest BCUT2D eigenvalue weighted by molar-refractivity contribution is 5.17. The molecule has 0 spiro atoms. The number of epoxide rings is 4. The second kappa shape index (κ2) is 5.54. The molecule has 6 aliphatic carbocycles. The topological polar surface area (TPSA) is 59.4 Å². The third-order valence-corrected chi connectivity index (χ3v) is 12.2. The van der Waals surface area contributed by atoms with Gasteiger partial charge in [-0.2, -0.15) is 0 Å². The van der Waals surface area contributed by atoms with E-state index in [-0.39, 0.29) is 0 Å². The molecule has 0 aromatic rings. The molecule has 0 radical (unpaired) electrons. The summed E-state index contributed by atoms with van der Waals surface area (Å²) in [6.07, 6.45) is 12.7. The van der Waals surface area contributed by atoms with E-state index in [1.54, 1.807) is 0 Å². The normalized spacial score (nSPS) is 71.6. The highest BCUT2D eigenvalue weighted by Crippen LogP contribution is 2.69. The molecular weight excluding hydrogens is 392 g/mol. The van der Waals surface area contributed by atoms with E-state index in [0.717, 1.165) is 72.4 Å². The van der Waals surface area contributed by atoms with Gasteiger partial charge >= 0.3 is 0 Å². The van der Waals surface area contributed by atoms with Crippen LogP contribution in [0, 0.1) is 59.2 Å². The summed E-state index contributed by atoms with van der Waals surface area (Å²) in [6, 6.07) is 0. The third-order valence-electron chi connectivity index (χ3n) is 12.2. The zero-order valence-corrected chi connectivity index (χ0v) is 18.1. The van der Waals surface area contributed by atoms with Gasteiger partial charge in [0.15, 0.2) is 0 Å². The lowest BCUT2D eigenvalue weighted by molar-refractivity contribution is 0.0990. The Morgan fingerprint density at radius 1 is 0.484 bits per heavy atom. The summed E-state index contributed by atoms with van der Waals surface area (Å²) in [5.41, 5.74) is 0. The third kappa shape index (κ3) is 2.22. The van der Waals surface area contributed by atoms with Crippen molar-refractivity contribution in [3.05, 3.63) is 0 Å². The van der Waals surface area contributed by atoms with Crippen LogP contribution in [0.1, 0.15) is 38.5 Å². The minimum Gasteiger partial charge on any atom is -0.376 e. The molecule has 0 N–H and O–H groups in total. The van der Waals surface area contributed by atoms with E-state index in [2.05, 4.69) is 0 Å². The fourth-order valence-corrected chi connectivity index (χ4v) is 11.2. The maximum absolute atomic E-state index is 6.16. The van der Waals surface area contributed by atoms with Gasteiger partial charge in [0.05, 0.1) is 49.8 Å². The van der Waals surface area contributed by atoms with Crippen molar-refractivity contribution >= 4 is 0 Å². The lowest BCUT2D eigenvalue weighted by Crippen LogP contribution is -2.32. The van der Waals surface area contributed by atoms with Gasteiger partial charge in [-0.3, -0.25) is 0 Å². The molecule has 4 bridgehead atoms. The summed E-state index contributed by atoms with van der Waals surface area (Å²) in [4.78, 5) is 0. The number of hydrogen-bond acceptors (Lipinski definition) is 5. The average Bonchev–Trinajstić information content (AvgIpc) is 3.75. The van der Waals surface area contributed by atoms with Crippen LogP contribution in [0.4, 0.5) is 0 Å². The molecule has 18 atom stereocenters. The maximum atomic E-state index is 6.16. The van der Waals surface area contributed by atoms with Crippen LogP contribution in [0.15, 0.2) is 0 Å². The second-order valence-corrected chi connectivity index (χ2v) is 13.2. The van der Waals surface area contributed by atoms with Crippen molar-refractivity contribution in [1.29, 1.82) is 0 Å². The Morgan fingerprint density at radius 3 is 1.48 bits per heavy atom. The van der Waals surface area contributed by atoms with Crippen LogP contribution in [0.2, 0.25) is 0 Å². The molecule has 10 fully saturated rings. The van der Waals surface area contributed by atoms with Gasteiger partial charge in [-0.05, 0) is 97.7 Å². The van der Waals surface area contributed by atoms with E-state index in [9.17, 15) is 0 Å². The predicted octanol–water partition coefficient (Wildman–Crippen LogP) is 2.66. The van der Waals surface area contributed by atoms with Gasteiger partial charge < -0.3 is 23.7 Å². The first kappa shape index (κ1) is 17.3. The molecule has 5 nitrogen and oxygen atoms in total. The van der Waals surface area contributed by atoms with Gasteiger partial charge in [0.1, 0.15) is 12.2 Å². The van der Waals surface area contributed by atoms with E-state index in [0.29, 0.717) is 48.8 Å². The molecule has 168 valence electrons. The van der Waals surface area contributed by atoms with Crippen LogP contribution in [0.5, 0.6) is 0 Å². The zero-order chi connectivity index (χ0) is 19.6. The molecule has 4 saturated heterocycles. The largest absolute Gasteiger partial charge is 0.376 e. The van der Waals surface area contributed by atoms with Crippen molar-refractivity contribution in [2.45, 2.75) is 87.4 Å². The summed E-state index contributed by atoms with van der Waals surface area (Å²) >= 11 is 0. The number of ether oxygens (including phenoxy) is 5. The molecule has 0 amide bonds. The molecule has 5 heteroatoms. The first-order valence-corrected chi connectivity index (χ1v) is 13.5.